The minimum Gasteiger partial charge on any atom is -0.313 e. The predicted octanol–water partition coefficient (Wildman–Crippen LogP) is 4.84. The zero-order chi connectivity index (χ0) is 13.1. The first-order valence-electron chi connectivity index (χ1n) is 7.05. The lowest BCUT2D eigenvalue weighted by Gasteiger charge is -2.34. The van der Waals surface area contributed by atoms with E-state index in [-0.39, 0.29) is 0 Å². The molecule has 0 radical (unpaired) electrons. The van der Waals surface area contributed by atoms with Gasteiger partial charge in [-0.15, -0.1) is 0 Å². The van der Waals surface area contributed by atoms with E-state index in [9.17, 15) is 0 Å². The highest BCUT2D eigenvalue weighted by atomic mass is 79.9. The van der Waals surface area contributed by atoms with Gasteiger partial charge in [0.2, 0.25) is 0 Å². The average molecular weight is 310 g/mol. The number of benzene rings is 1. The summed E-state index contributed by atoms with van der Waals surface area (Å²) in [5.74, 6) is 1.67. The van der Waals surface area contributed by atoms with Crippen LogP contribution in [0.2, 0.25) is 0 Å². The fourth-order valence-corrected chi connectivity index (χ4v) is 3.77. The number of hydrogen-bond donors (Lipinski definition) is 1. The van der Waals surface area contributed by atoms with Crippen LogP contribution in [0.25, 0.3) is 0 Å². The molecule has 3 atom stereocenters. The van der Waals surface area contributed by atoms with Gasteiger partial charge < -0.3 is 5.32 Å². The second kappa shape index (κ2) is 6.21. The topological polar surface area (TPSA) is 12.0 Å². The fraction of sp³-hybridized carbons (Fsp3) is 0.625. The molecule has 0 aromatic heterocycles. The maximum Gasteiger partial charge on any atom is 0.0349 e. The van der Waals surface area contributed by atoms with Crippen LogP contribution in [-0.4, -0.2) is 7.05 Å². The van der Waals surface area contributed by atoms with Crippen molar-refractivity contribution < 1.29 is 0 Å². The highest BCUT2D eigenvalue weighted by molar-refractivity contribution is 9.10. The quantitative estimate of drug-likeness (QED) is 0.842. The van der Waals surface area contributed by atoms with Gasteiger partial charge in [-0.1, -0.05) is 47.8 Å². The van der Waals surface area contributed by atoms with Crippen LogP contribution >= 0.6 is 15.9 Å². The van der Waals surface area contributed by atoms with Gasteiger partial charge in [0.15, 0.2) is 0 Å². The molecule has 1 nitrogen and oxygen atoms in total. The van der Waals surface area contributed by atoms with Crippen molar-refractivity contribution in [2.24, 2.45) is 11.8 Å². The number of halogens is 1. The lowest BCUT2D eigenvalue weighted by Crippen LogP contribution is -2.29. The van der Waals surface area contributed by atoms with E-state index >= 15 is 0 Å². The maximum atomic E-state index is 3.65. The summed E-state index contributed by atoms with van der Waals surface area (Å²) in [6, 6.07) is 7.07. The Bertz CT molecular complexity index is 402. The van der Waals surface area contributed by atoms with Crippen LogP contribution in [0.3, 0.4) is 0 Å². The van der Waals surface area contributed by atoms with Gasteiger partial charge in [0, 0.05) is 10.5 Å². The maximum absolute atomic E-state index is 3.65. The summed E-state index contributed by atoms with van der Waals surface area (Å²) in [6.45, 7) is 4.61. The van der Waals surface area contributed by atoms with E-state index in [1.807, 2.05) is 0 Å². The van der Waals surface area contributed by atoms with Crippen molar-refractivity contribution in [3.63, 3.8) is 0 Å². The molecule has 1 aliphatic rings. The van der Waals surface area contributed by atoms with Crippen LogP contribution in [0.1, 0.15) is 49.8 Å². The molecule has 0 heterocycles. The van der Waals surface area contributed by atoms with E-state index < -0.39 is 0 Å². The summed E-state index contributed by atoms with van der Waals surface area (Å²) in [4.78, 5) is 0. The smallest absolute Gasteiger partial charge is 0.0349 e. The molecule has 0 bridgehead atoms. The molecule has 1 fully saturated rings. The van der Waals surface area contributed by atoms with Crippen LogP contribution in [0.15, 0.2) is 22.7 Å². The molecule has 0 amide bonds. The molecule has 1 aromatic carbocycles. The van der Waals surface area contributed by atoms with E-state index in [1.54, 1.807) is 0 Å². The molecule has 18 heavy (non-hydrogen) atoms. The lowest BCUT2D eigenvalue weighted by atomic mass is 9.76. The standard InChI is InChI=1S/C16H24BrN/c1-11-6-4-7-13(10-11)16(18-3)14-8-5-9-15(17)12(14)2/h5,8-9,11,13,16,18H,4,6-7,10H2,1-3H3. The summed E-state index contributed by atoms with van der Waals surface area (Å²) < 4.78 is 1.23. The van der Waals surface area contributed by atoms with Crippen LogP contribution < -0.4 is 5.32 Å². The van der Waals surface area contributed by atoms with E-state index in [1.165, 1.54) is 41.3 Å². The fourth-order valence-electron chi connectivity index (χ4n) is 3.39. The third-order valence-corrected chi connectivity index (χ3v) is 5.26. The Hall–Kier alpha value is -0.340. The SMILES string of the molecule is CNC(c1cccc(Br)c1C)C1CCCC(C)C1. The monoisotopic (exact) mass is 309 g/mol. The minimum absolute atomic E-state index is 0.505. The predicted molar refractivity (Wildman–Crippen MR) is 81.8 cm³/mol. The summed E-state index contributed by atoms with van der Waals surface area (Å²) in [6.07, 6.45) is 5.51. The molecule has 2 rings (SSSR count). The van der Waals surface area contributed by atoms with Gasteiger partial charge in [-0.25, -0.2) is 0 Å². The Morgan fingerprint density at radius 2 is 2.11 bits per heavy atom. The number of rotatable bonds is 3. The molecule has 0 saturated heterocycles. The normalized spacial score (nSPS) is 26.0. The van der Waals surface area contributed by atoms with Gasteiger partial charge in [0.25, 0.3) is 0 Å². The van der Waals surface area contributed by atoms with Crippen molar-refractivity contribution in [3.05, 3.63) is 33.8 Å². The van der Waals surface area contributed by atoms with Crippen molar-refractivity contribution in [3.8, 4) is 0 Å². The molecule has 0 spiro atoms. The highest BCUT2D eigenvalue weighted by Gasteiger charge is 2.27. The first kappa shape index (κ1) is 14.1. The summed E-state index contributed by atoms with van der Waals surface area (Å²) in [7, 11) is 2.10. The molecular formula is C16H24BrN. The number of hydrogen-bond acceptors (Lipinski definition) is 1. The number of nitrogens with one attached hydrogen (secondary N) is 1. The van der Waals surface area contributed by atoms with Crippen molar-refractivity contribution in [1.82, 2.24) is 5.32 Å². The van der Waals surface area contributed by atoms with Crippen molar-refractivity contribution in [1.29, 1.82) is 0 Å². The van der Waals surface area contributed by atoms with Crippen molar-refractivity contribution in [2.75, 3.05) is 7.05 Å². The van der Waals surface area contributed by atoms with Gasteiger partial charge in [-0.3, -0.25) is 0 Å². The second-order valence-electron chi connectivity index (χ2n) is 5.75. The highest BCUT2D eigenvalue weighted by Crippen LogP contribution is 2.38. The Morgan fingerprint density at radius 1 is 1.33 bits per heavy atom. The van der Waals surface area contributed by atoms with E-state index in [0.717, 1.165) is 11.8 Å². The van der Waals surface area contributed by atoms with Crippen LogP contribution in [0.5, 0.6) is 0 Å². The summed E-state index contributed by atoms with van der Waals surface area (Å²) in [5.41, 5.74) is 2.85. The van der Waals surface area contributed by atoms with Gasteiger partial charge in [-0.2, -0.15) is 0 Å². The Morgan fingerprint density at radius 3 is 2.78 bits per heavy atom. The van der Waals surface area contributed by atoms with Gasteiger partial charge in [0.05, 0.1) is 0 Å². The first-order valence-corrected chi connectivity index (χ1v) is 7.85. The molecule has 1 aliphatic carbocycles. The molecule has 1 N–H and O–H groups in total. The van der Waals surface area contributed by atoms with Crippen LogP contribution in [0.4, 0.5) is 0 Å². The van der Waals surface area contributed by atoms with E-state index in [0.29, 0.717) is 6.04 Å². The molecule has 100 valence electrons. The molecule has 1 saturated carbocycles. The summed E-state index contributed by atoms with van der Waals surface area (Å²) >= 11 is 3.65. The second-order valence-corrected chi connectivity index (χ2v) is 6.61. The summed E-state index contributed by atoms with van der Waals surface area (Å²) in [5, 5.41) is 3.56. The molecule has 1 aromatic rings. The zero-order valence-electron chi connectivity index (χ0n) is 11.7. The first-order chi connectivity index (χ1) is 8.63. The van der Waals surface area contributed by atoms with E-state index in [2.05, 4.69) is 60.3 Å². The van der Waals surface area contributed by atoms with Gasteiger partial charge in [0.1, 0.15) is 0 Å². The molecule has 0 aliphatic heterocycles. The third-order valence-electron chi connectivity index (χ3n) is 4.40. The zero-order valence-corrected chi connectivity index (χ0v) is 13.3. The largest absolute Gasteiger partial charge is 0.313 e. The Labute approximate surface area is 119 Å². The molecule has 2 heteroatoms. The van der Waals surface area contributed by atoms with Crippen LogP contribution in [-0.2, 0) is 0 Å². The third kappa shape index (κ3) is 2.97. The minimum atomic E-state index is 0.505. The lowest BCUT2D eigenvalue weighted by molar-refractivity contribution is 0.229. The van der Waals surface area contributed by atoms with Crippen molar-refractivity contribution >= 4 is 15.9 Å². The Kier molecular flexibility index (Phi) is 4.85. The van der Waals surface area contributed by atoms with Crippen molar-refractivity contribution in [2.45, 2.75) is 45.6 Å². The van der Waals surface area contributed by atoms with Crippen LogP contribution in [0, 0.1) is 18.8 Å². The van der Waals surface area contributed by atoms with Gasteiger partial charge >= 0.3 is 0 Å². The van der Waals surface area contributed by atoms with Gasteiger partial charge in [-0.05, 0) is 55.8 Å². The van der Waals surface area contributed by atoms with E-state index in [4.69, 9.17) is 0 Å². The average Bonchev–Trinajstić information content (AvgIpc) is 2.35. The molecule has 3 unspecified atom stereocenters. The molecular weight excluding hydrogens is 286 g/mol. The Balaban J connectivity index is 2.24.